The smallest absolute Gasteiger partial charge is 0.236 e. The minimum atomic E-state index is 0.0942. The molecular weight excluding hydrogens is 450 g/mol. The van der Waals surface area contributed by atoms with Gasteiger partial charge in [-0.05, 0) is 41.9 Å². The van der Waals surface area contributed by atoms with E-state index in [9.17, 15) is 4.79 Å². The first-order valence-corrected chi connectivity index (χ1v) is 13.2. The standard InChI is InChI=1S/C28H39N7O/c1-20-8-9-22(28(2,3)4)16-21(20)17-23-25-26(29-19-32(25)5)31-27(30-23)35-14-12-33(13-15-35)18-24(36)34-10-6-7-11-34/h8-9,16,19H,6-7,10-15,17-18H2,1-5H3. The summed E-state index contributed by atoms with van der Waals surface area (Å²) < 4.78 is 2.03. The maximum Gasteiger partial charge on any atom is 0.236 e. The van der Waals surface area contributed by atoms with Crippen LogP contribution in [0.15, 0.2) is 24.5 Å². The van der Waals surface area contributed by atoms with Crippen LogP contribution < -0.4 is 4.90 Å². The first kappa shape index (κ1) is 24.7. The summed E-state index contributed by atoms with van der Waals surface area (Å²) in [5.41, 5.74) is 6.74. The molecular formula is C28H39N7O. The fourth-order valence-corrected chi connectivity index (χ4v) is 5.26. The van der Waals surface area contributed by atoms with E-state index in [4.69, 9.17) is 9.97 Å². The maximum atomic E-state index is 12.6. The fourth-order valence-electron chi connectivity index (χ4n) is 5.26. The number of nitrogens with zero attached hydrogens (tertiary/aromatic N) is 7. The summed E-state index contributed by atoms with van der Waals surface area (Å²) >= 11 is 0. The van der Waals surface area contributed by atoms with E-state index in [1.165, 1.54) is 16.7 Å². The molecule has 1 aromatic carbocycles. The van der Waals surface area contributed by atoms with Gasteiger partial charge in [-0.25, -0.2) is 9.97 Å². The lowest BCUT2D eigenvalue weighted by atomic mass is 9.84. The van der Waals surface area contributed by atoms with Crippen molar-refractivity contribution in [2.45, 2.75) is 52.4 Å². The lowest BCUT2D eigenvalue weighted by Crippen LogP contribution is -2.50. The van der Waals surface area contributed by atoms with Gasteiger partial charge in [0.2, 0.25) is 11.9 Å². The van der Waals surface area contributed by atoms with Crippen molar-refractivity contribution in [3.05, 3.63) is 46.9 Å². The lowest BCUT2D eigenvalue weighted by Gasteiger charge is -2.35. The molecule has 0 atom stereocenters. The molecule has 0 aliphatic carbocycles. The van der Waals surface area contributed by atoms with Gasteiger partial charge in [-0.2, -0.15) is 4.98 Å². The van der Waals surface area contributed by atoms with Crippen LogP contribution in [0.2, 0.25) is 0 Å². The van der Waals surface area contributed by atoms with Gasteiger partial charge in [0.1, 0.15) is 5.52 Å². The molecule has 192 valence electrons. The highest BCUT2D eigenvalue weighted by atomic mass is 16.2. The SMILES string of the molecule is Cc1ccc(C(C)(C)C)cc1Cc1nc(N2CCN(CC(=O)N3CCCC3)CC2)nc2ncn(C)c12. The van der Waals surface area contributed by atoms with E-state index in [0.717, 1.165) is 81.3 Å². The van der Waals surface area contributed by atoms with Crippen LogP contribution in [0.5, 0.6) is 0 Å². The van der Waals surface area contributed by atoms with E-state index in [0.29, 0.717) is 6.54 Å². The number of carbonyl (C=O) groups excluding carboxylic acids is 1. The Labute approximate surface area is 214 Å². The third-order valence-electron chi connectivity index (χ3n) is 7.68. The van der Waals surface area contributed by atoms with Gasteiger partial charge < -0.3 is 14.4 Å². The quantitative estimate of drug-likeness (QED) is 0.548. The molecule has 4 heterocycles. The monoisotopic (exact) mass is 489 g/mol. The predicted octanol–water partition coefficient (Wildman–Crippen LogP) is 3.30. The largest absolute Gasteiger partial charge is 0.342 e. The van der Waals surface area contributed by atoms with Crippen molar-refractivity contribution in [1.29, 1.82) is 0 Å². The van der Waals surface area contributed by atoms with Gasteiger partial charge in [0.15, 0.2) is 5.65 Å². The summed E-state index contributed by atoms with van der Waals surface area (Å²) in [6, 6.07) is 6.79. The number of rotatable bonds is 5. The molecule has 2 aliphatic rings. The van der Waals surface area contributed by atoms with Crippen LogP contribution in [-0.4, -0.2) is 81.0 Å². The second-order valence-electron chi connectivity index (χ2n) is 11.4. The second kappa shape index (κ2) is 9.81. The van der Waals surface area contributed by atoms with Crippen LogP contribution in [0.1, 0.15) is 56.0 Å². The number of hydrogen-bond acceptors (Lipinski definition) is 6. The Bertz CT molecular complexity index is 1240. The van der Waals surface area contributed by atoms with Crippen molar-refractivity contribution in [1.82, 2.24) is 29.3 Å². The number of fused-ring (bicyclic) bond motifs is 1. The molecule has 2 saturated heterocycles. The van der Waals surface area contributed by atoms with Crippen LogP contribution in [0, 0.1) is 6.92 Å². The molecule has 5 rings (SSSR count). The Hall–Kier alpha value is -3.00. The van der Waals surface area contributed by atoms with Crippen molar-refractivity contribution in [2.24, 2.45) is 7.05 Å². The topological polar surface area (TPSA) is 70.4 Å². The minimum absolute atomic E-state index is 0.0942. The molecule has 0 N–H and O–H groups in total. The molecule has 2 fully saturated rings. The molecule has 36 heavy (non-hydrogen) atoms. The van der Waals surface area contributed by atoms with Crippen molar-refractivity contribution in [3.8, 4) is 0 Å². The average molecular weight is 490 g/mol. The predicted molar refractivity (Wildman–Crippen MR) is 143 cm³/mol. The number of likely N-dealkylation sites (tertiary alicyclic amines) is 1. The normalized spacial score (nSPS) is 17.4. The first-order chi connectivity index (χ1) is 17.2. The van der Waals surface area contributed by atoms with Crippen molar-refractivity contribution < 1.29 is 4.79 Å². The fraction of sp³-hybridized carbons (Fsp3) is 0.571. The Balaban J connectivity index is 1.36. The number of imidazole rings is 1. The molecule has 1 amide bonds. The summed E-state index contributed by atoms with van der Waals surface area (Å²) in [6.45, 7) is 14.6. The third-order valence-corrected chi connectivity index (χ3v) is 7.68. The number of benzene rings is 1. The zero-order chi connectivity index (χ0) is 25.4. The van der Waals surface area contributed by atoms with Crippen LogP contribution >= 0.6 is 0 Å². The summed E-state index contributed by atoms with van der Waals surface area (Å²) in [5, 5.41) is 0. The van der Waals surface area contributed by atoms with Crippen molar-refractivity contribution in [3.63, 3.8) is 0 Å². The molecule has 8 heteroatoms. The molecule has 8 nitrogen and oxygen atoms in total. The number of aromatic nitrogens is 4. The van der Waals surface area contributed by atoms with E-state index in [-0.39, 0.29) is 11.3 Å². The van der Waals surface area contributed by atoms with E-state index in [1.807, 2.05) is 22.8 Å². The van der Waals surface area contributed by atoms with Gasteiger partial charge in [-0.1, -0.05) is 39.0 Å². The summed E-state index contributed by atoms with van der Waals surface area (Å²) in [6.07, 6.45) is 4.84. The zero-order valence-corrected chi connectivity index (χ0v) is 22.4. The van der Waals surface area contributed by atoms with Crippen LogP contribution in [0.3, 0.4) is 0 Å². The zero-order valence-electron chi connectivity index (χ0n) is 22.4. The summed E-state index contributed by atoms with van der Waals surface area (Å²) in [5.74, 6) is 1.01. The minimum Gasteiger partial charge on any atom is -0.342 e. The highest BCUT2D eigenvalue weighted by Crippen LogP contribution is 2.28. The van der Waals surface area contributed by atoms with E-state index in [2.05, 4.69) is 60.7 Å². The number of carbonyl (C=O) groups is 1. The maximum absolute atomic E-state index is 12.6. The van der Waals surface area contributed by atoms with Gasteiger partial charge in [0, 0.05) is 52.7 Å². The Kier molecular flexibility index (Phi) is 6.72. The Morgan fingerprint density at radius 1 is 1.00 bits per heavy atom. The highest BCUT2D eigenvalue weighted by Gasteiger charge is 2.25. The number of piperazine rings is 1. The van der Waals surface area contributed by atoms with Gasteiger partial charge in [0.25, 0.3) is 0 Å². The molecule has 3 aromatic rings. The third kappa shape index (κ3) is 5.09. The van der Waals surface area contributed by atoms with Crippen LogP contribution in [0.4, 0.5) is 5.95 Å². The van der Waals surface area contributed by atoms with E-state index < -0.39 is 0 Å². The van der Waals surface area contributed by atoms with Crippen molar-refractivity contribution in [2.75, 3.05) is 50.7 Å². The average Bonchev–Trinajstić information content (AvgIpc) is 3.51. The number of anilines is 1. The number of aryl methyl sites for hydroxylation is 2. The van der Waals surface area contributed by atoms with Gasteiger partial charge in [0.05, 0.1) is 18.6 Å². The lowest BCUT2D eigenvalue weighted by molar-refractivity contribution is -0.131. The molecule has 0 radical (unpaired) electrons. The molecule has 2 aliphatic heterocycles. The Morgan fingerprint density at radius 2 is 1.72 bits per heavy atom. The molecule has 0 spiro atoms. The second-order valence-corrected chi connectivity index (χ2v) is 11.4. The molecule has 0 bridgehead atoms. The van der Waals surface area contributed by atoms with Gasteiger partial charge in [-0.3, -0.25) is 9.69 Å². The van der Waals surface area contributed by atoms with Gasteiger partial charge >= 0.3 is 0 Å². The molecule has 2 aromatic heterocycles. The molecule has 0 unspecified atom stereocenters. The van der Waals surface area contributed by atoms with E-state index in [1.54, 1.807) is 0 Å². The molecule has 0 saturated carbocycles. The van der Waals surface area contributed by atoms with E-state index >= 15 is 0 Å². The highest BCUT2D eigenvalue weighted by molar-refractivity contribution is 5.78. The van der Waals surface area contributed by atoms with Crippen LogP contribution in [-0.2, 0) is 23.7 Å². The number of amides is 1. The Morgan fingerprint density at radius 3 is 2.42 bits per heavy atom. The summed E-state index contributed by atoms with van der Waals surface area (Å²) in [7, 11) is 2.01. The summed E-state index contributed by atoms with van der Waals surface area (Å²) in [4.78, 5) is 33.6. The van der Waals surface area contributed by atoms with Gasteiger partial charge in [-0.15, -0.1) is 0 Å². The van der Waals surface area contributed by atoms with Crippen LogP contribution in [0.25, 0.3) is 11.2 Å². The van der Waals surface area contributed by atoms with Crippen molar-refractivity contribution >= 4 is 23.0 Å². The number of hydrogen-bond donors (Lipinski definition) is 0. The first-order valence-electron chi connectivity index (χ1n) is 13.2.